The van der Waals surface area contributed by atoms with Crippen molar-refractivity contribution in [1.29, 1.82) is 0 Å². The number of aromatic amines is 1. The van der Waals surface area contributed by atoms with Crippen molar-refractivity contribution in [1.82, 2.24) is 4.98 Å². The highest BCUT2D eigenvalue weighted by molar-refractivity contribution is 5.99. The van der Waals surface area contributed by atoms with Crippen LogP contribution >= 0.6 is 0 Å². The van der Waals surface area contributed by atoms with Crippen LogP contribution in [-0.2, 0) is 4.79 Å². The maximum atomic E-state index is 13.1. The van der Waals surface area contributed by atoms with Gasteiger partial charge in [0.1, 0.15) is 5.82 Å². The fourth-order valence-electron chi connectivity index (χ4n) is 2.34. The summed E-state index contributed by atoms with van der Waals surface area (Å²) in [5.41, 5.74) is 3.26. The van der Waals surface area contributed by atoms with Crippen LogP contribution in [0.4, 0.5) is 4.39 Å². The SMILES string of the molecule is O=C(O)/C=C/c1c(-c2ccc(F)cc2)[nH]c2ccccc12. The van der Waals surface area contributed by atoms with Crippen molar-refractivity contribution in [3.8, 4) is 11.3 Å². The lowest BCUT2D eigenvalue weighted by atomic mass is 10.0. The molecule has 0 aliphatic rings. The van der Waals surface area contributed by atoms with Crippen LogP contribution in [-0.4, -0.2) is 16.1 Å². The number of halogens is 1. The molecular weight excluding hydrogens is 269 g/mol. The van der Waals surface area contributed by atoms with Crippen molar-refractivity contribution in [3.63, 3.8) is 0 Å². The average Bonchev–Trinajstić information content (AvgIpc) is 2.84. The molecule has 1 heterocycles. The number of benzene rings is 2. The Morgan fingerprint density at radius 1 is 1.10 bits per heavy atom. The fraction of sp³-hybridized carbons (Fsp3) is 0. The molecule has 0 atom stereocenters. The smallest absolute Gasteiger partial charge is 0.328 e. The second kappa shape index (κ2) is 5.25. The highest BCUT2D eigenvalue weighted by atomic mass is 19.1. The standard InChI is InChI=1S/C17H12FNO2/c18-12-7-5-11(6-8-12)17-14(9-10-16(20)21)13-3-1-2-4-15(13)19-17/h1-10,19H,(H,20,21)/b10-9+. The van der Waals surface area contributed by atoms with Crippen molar-refractivity contribution in [2.45, 2.75) is 0 Å². The molecule has 3 nitrogen and oxygen atoms in total. The third kappa shape index (κ3) is 2.56. The molecule has 0 bridgehead atoms. The maximum Gasteiger partial charge on any atom is 0.328 e. The van der Waals surface area contributed by atoms with Gasteiger partial charge in [-0.25, -0.2) is 9.18 Å². The first-order valence-corrected chi connectivity index (χ1v) is 6.43. The van der Waals surface area contributed by atoms with Gasteiger partial charge >= 0.3 is 5.97 Å². The summed E-state index contributed by atoms with van der Waals surface area (Å²) in [7, 11) is 0. The predicted octanol–water partition coefficient (Wildman–Crippen LogP) is 4.07. The highest BCUT2D eigenvalue weighted by Crippen LogP contribution is 2.31. The number of carboxylic acids is 1. The van der Waals surface area contributed by atoms with E-state index >= 15 is 0 Å². The van der Waals surface area contributed by atoms with Crippen LogP contribution in [0.3, 0.4) is 0 Å². The van der Waals surface area contributed by atoms with Crippen LogP contribution in [0.2, 0.25) is 0 Å². The van der Waals surface area contributed by atoms with E-state index in [1.165, 1.54) is 12.1 Å². The van der Waals surface area contributed by atoms with Gasteiger partial charge in [-0.15, -0.1) is 0 Å². The number of aromatic nitrogens is 1. The molecule has 21 heavy (non-hydrogen) atoms. The van der Waals surface area contributed by atoms with E-state index in [2.05, 4.69) is 4.98 Å². The molecule has 0 aliphatic carbocycles. The van der Waals surface area contributed by atoms with Gasteiger partial charge in [0.05, 0.1) is 5.69 Å². The first-order chi connectivity index (χ1) is 10.1. The molecular formula is C17H12FNO2. The second-order valence-corrected chi connectivity index (χ2v) is 4.64. The number of hydrogen-bond donors (Lipinski definition) is 2. The van der Waals surface area contributed by atoms with Crippen LogP contribution in [0.25, 0.3) is 28.2 Å². The van der Waals surface area contributed by atoms with Gasteiger partial charge in [0.2, 0.25) is 0 Å². The molecule has 0 saturated heterocycles. The number of aliphatic carboxylic acids is 1. The Morgan fingerprint density at radius 2 is 1.81 bits per heavy atom. The van der Waals surface area contributed by atoms with Crippen LogP contribution in [0.1, 0.15) is 5.56 Å². The van der Waals surface area contributed by atoms with Crippen molar-refractivity contribution >= 4 is 22.9 Å². The van der Waals surface area contributed by atoms with E-state index in [9.17, 15) is 9.18 Å². The molecule has 2 aromatic carbocycles. The quantitative estimate of drug-likeness (QED) is 0.711. The summed E-state index contributed by atoms with van der Waals surface area (Å²) in [4.78, 5) is 14.0. The largest absolute Gasteiger partial charge is 0.478 e. The number of hydrogen-bond acceptors (Lipinski definition) is 1. The molecule has 0 unspecified atom stereocenters. The van der Waals surface area contributed by atoms with E-state index in [1.807, 2.05) is 24.3 Å². The lowest BCUT2D eigenvalue weighted by Crippen LogP contribution is -1.87. The number of nitrogens with one attached hydrogen (secondary N) is 1. The topological polar surface area (TPSA) is 53.1 Å². The molecule has 2 N–H and O–H groups in total. The van der Waals surface area contributed by atoms with Gasteiger partial charge in [-0.1, -0.05) is 18.2 Å². The van der Waals surface area contributed by atoms with E-state index in [-0.39, 0.29) is 5.82 Å². The molecule has 0 radical (unpaired) electrons. The maximum absolute atomic E-state index is 13.1. The summed E-state index contributed by atoms with van der Waals surface area (Å²) in [5, 5.41) is 9.76. The minimum absolute atomic E-state index is 0.308. The zero-order valence-electron chi connectivity index (χ0n) is 11.0. The Morgan fingerprint density at radius 3 is 2.52 bits per heavy atom. The Hall–Kier alpha value is -2.88. The van der Waals surface area contributed by atoms with E-state index in [4.69, 9.17) is 5.11 Å². The van der Waals surface area contributed by atoms with Crippen LogP contribution < -0.4 is 0 Å². The Labute approximate surface area is 120 Å². The fourth-order valence-corrected chi connectivity index (χ4v) is 2.34. The zero-order valence-corrected chi connectivity index (χ0v) is 11.0. The van der Waals surface area contributed by atoms with Crippen LogP contribution in [0, 0.1) is 5.82 Å². The third-order valence-corrected chi connectivity index (χ3v) is 3.27. The van der Waals surface area contributed by atoms with Crippen molar-refractivity contribution in [2.75, 3.05) is 0 Å². The Balaban J connectivity index is 2.23. The van der Waals surface area contributed by atoms with Gasteiger partial charge in [0, 0.05) is 22.5 Å². The molecule has 0 amide bonds. The molecule has 104 valence electrons. The first kappa shape index (κ1) is 13.1. The number of carboxylic acid groups (broad SMARTS) is 1. The molecule has 0 fully saturated rings. The summed E-state index contributed by atoms with van der Waals surface area (Å²) in [6.07, 6.45) is 2.66. The normalized spacial score (nSPS) is 11.3. The van der Waals surface area contributed by atoms with Gasteiger partial charge in [-0.3, -0.25) is 0 Å². The first-order valence-electron chi connectivity index (χ1n) is 6.43. The molecule has 4 heteroatoms. The lowest BCUT2D eigenvalue weighted by molar-refractivity contribution is -0.131. The monoisotopic (exact) mass is 281 g/mol. The van der Waals surface area contributed by atoms with Crippen molar-refractivity contribution in [2.24, 2.45) is 0 Å². The summed E-state index contributed by atoms with van der Waals surface area (Å²) < 4.78 is 13.1. The van der Waals surface area contributed by atoms with Crippen molar-refractivity contribution < 1.29 is 14.3 Å². The van der Waals surface area contributed by atoms with E-state index < -0.39 is 5.97 Å². The van der Waals surface area contributed by atoms with Gasteiger partial charge in [0.15, 0.2) is 0 Å². The molecule has 0 saturated carbocycles. The van der Waals surface area contributed by atoms with Gasteiger partial charge in [-0.05, 0) is 42.0 Å². The summed E-state index contributed by atoms with van der Waals surface area (Å²) in [6, 6.07) is 13.7. The number of rotatable bonds is 3. The molecule has 3 rings (SSSR count). The zero-order chi connectivity index (χ0) is 14.8. The molecule has 3 aromatic rings. The molecule has 0 aliphatic heterocycles. The van der Waals surface area contributed by atoms with Gasteiger partial charge in [0.25, 0.3) is 0 Å². The Bertz CT molecular complexity index is 832. The van der Waals surface area contributed by atoms with E-state index in [0.29, 0.717) is 0 Å². The average molecular weight is 281 g/mol. The minimum Gasteiger partial charge on any atom is -0.478 e. The predicted molar refractivity (Wildman–Crippen MR) is 80.4 cm³/mol. The summed E-state index contributed by atoms with van der Waals surface area (Å²) >= 11 is 0. The second-order valence-electron chi connectivity index (χ2n) is 4.64. The van der Waals surface area contributed by atoms with Crippen molar-refractivity contribution in [3.05, 3.63) is 66.0 Å². The summed E-state index contributed by atoms with van der Waals surface area (Å²) in [5.74, 6) is -1.32. The number of carbonyl (C=O) groups is 1. The number of H-pyrrole nitrogens is 1. The Kier molecular flexibility index (Phi) is 3.28. The molecule has 1 aromatic heterocycles. The van der Waals surface area contributed by atoms with Gasteiger partial charge < -0.3 is 10.1 Å². The van der Waals surface area contributed by atoms with Crippen LogP contribution in [0.5, 0.6) is 0 Å². The lowest BCUT2D eigenvalue weighted by Gasteiger charge is -2.01. The van der Waals surface area contributed by atoms with Gasteiger partial charge in [-0.2, -0.15) is 0 Å². The van der Waals surface area contributed by atoms with E-state index in [1.54, 1.807) is 18.2 Å². The number of fused-ring (bicyclic) bond motifs is 1. The number of para-hydroxylation sites is 1. The summed E-state index contributed by atoms with van der Waals surface area (Å²) in [6.45, 7) is 0. The molecule has 0 spiro atoms. The third-order valence-electron chi connectivity index (χ3n) is 3.27. The minimum atomic E-state index is -1.01. The van der Waals surface area contributed by atoms with E-state index in [0.717, 1.165) is 33.8 Å². The van der Waals surface area contributed by atoms with Crippen LogP contribution in [0.15, 0.2) is 54.6 Å². The highest BCUT2D eigenvalue weighted by Gasteiger charge is 2.11.